The second-order valence-electron chi connectivity index (χ2n) is 7.84. The molecule has 1 saturated heterocycles. The monoisotopic (exact) mass is 458 g/mol. The largest absolute Gasteiger partial charge is 0.283 e. The van der Waals surface area contributed by atoms with Gasteiger partial charge in [0.15, 0.2) is 5.13 Å². The highest BCUT2D eigenvalue weighted by molar-refractivity contribution is 7.88. The Hall–Kier alpha value is -2.36. The number of rotatable bonds is 6. The summed E-state index contributed by atoms with van der Waals surface area (Å²) in [6, 6.07) is 9.94. The Kier molecular flexibility index (Phi) is 6.36. The molecule has 0 atom stereocenters. The molecule has 0 aliphatic carbocycles. The second kappa shape index (κ2) is 9.02. The van der Waals surface area contributed by atoms with Gasteiger partial charge in [-0.3, -0.25) is 14.7 Å². The van der Waals surface area contributed by atoms with Crippen molar-refractivity contribution in [3.63, 3.8) is 0 Å². The van der Waals surface area contributed by atoms with Crippen LogP contribution in [0.1, 0.15) is 30.9 Å². The summed E-state index contributed by atoms with van der Waals surface area (Å²) in [6.45, 7) is 3.23. The van der Waals surface area contributed by atoms with Gasteiger partial charge in [0.05, 0.1) is 23.0 Å². The maximum absolute atomic E-state index is 13.6. The van der Waals surface area contributed by atoms with Crippen molar-refractivity contribution < 1.29 is 13.2 Å². The first-order valence-corrected chi connectivity index (χ1v) is 13.1. The summed E-state index contributed by atoms with van der Waals surface area (Å²) in [4.78, 5) is 24.4. The number of thiazole rings is 1. The second-order valence-corrected chi connectivity index (χ2v) is 10.8. The van der Waals surface area contributed by atoms with Gasteiger partial charge >= 0.3 is 0 Å². The van der Waals surface area contributed by atoms with Crippen LogP contribution in [-0.4, -0.2) is 47.9 Å². The highest BCUT2D eigenvalue weighted by Crippen LogP contribution is 2.34. The average Bonchev–Trinajstić information content (AvgIpc) is 3.21. The number of carbonyl (C=O) groups is 1. The van der Waals surface area contributed by atoms with Gasteiger partial charge in [0.2, 0.25) is 15.9 Å². The van der Waals surface area contributed by atoms with Crippen molar-refractivity contribution in [1.82, 2.24) is 14.3 Å². The molecule has 9 heteroatoms. The molecule has 1 aliphatic rings. The number of carbonyl (C=O) groups excluding carboxylic acids is 1. The molecule has 0 bridgehead atoms. The number of anilines is 1. The van der Waals surface area contributed by atoms with Gasteiger partial charge in [-0.05, 0) is 42.5 Å². The predicted octanol–water partition coefficient (Wildman–Crippen LogP) is 3.46. The highest BCUT2D eigenvalue weighted by Gasteiger charge is 2.33. The van der Waals surface area contributed by atoms with Crippen LogP contribution in [0.25, 0.3) is 10.2 Å². The first kappa shape index (κ1) is 21.9. The molecule has 7 nitrogen and oxygen atoms in total. The number of hydrogen-bond acceptors (Lipinski definition) is 6. The van der Waals surface area contributed by atoms with Crippen molar-refractivity contribution in [2.75, 3.05) is 24.2 Å². The van der Waals surface area contributed by atoms with Gasteiger partial charge in [-0.15, -0.1) is 0 Å². The van der Waals surface area contributed by atoms with Crippen LogP contribution in [0.4, 0.5) is 5.13 Å². The number of aryl methyl sites for hydroxylation is 1. The van der Waals surface area contributed by atoms with Gasteiger partial charge in [0.1, 0.15) is 0 Å². The fraction of sp³-hybridized carbons (Fsp3) is 0.409. The van der Waals surface area contributed by atoms with Gasteiger partial charge in [0.25, 0.3) is 0 Å². The number of amides is 1. The van der Waals surface area contributed by atoms with E-state index in [0.29, 0.717) is 37.6 Å². The van der Waals surface area contributed by atoms with Gasteiger partial charge in [-0.25, -0.2) is 17.7 Å². The third-order valence-corrected chi connectivity index (χ3v) is 8.05. The third kappa shape index (κ3) is 4.78. The quantitative estimate of drug-likeness (QED) is 0.565. The van der Waals surface area contributed by atoms with Crippen LogP contribution in [0.5, 0.6) is 0 Å². The lowest BCUT2D eigenvalue weighted by Crippen LogP contribution is -2.44. The number of piperidine rings is 1. The van der Waals surface area contributed by atoms with E-state index in [-0.39, 0.29) is 11.8 Å². The normalized spacial score (nSPS) is 15.9. The van der Waals surface area contributed by atoms with E-state index < -0.39 is 10.0 Å². The number of benzene rings is 1. The Labute approximate surface area is 186 Å². The summed E-state index contributed by atoms with van der Waals surface area (Å²) in [7, 11) is -3.23. The molecule has 1 fully saturated rings. The van der Waals surface area contributed by atoms with Crippen LogP contribution < -0.4 is 4.90 Å². The third-order valence-electron chi connectivity index (χ3n) is 5.70. The molecule has 0 spiro atoms. The fourth-order valence-corrected chi connectivity index (χ4v) is 5.86. The molecule has 3 heterocycles. The van der Waals surface area contributed by atoms with Gasteiger partial charge in [0, 0.05) is 31.4 Å². The molecule has 0 radical (unpaired) electrons. The molecule has 4 rings (SSSR count). The number of sulfonamides is 1. The van der Waals surface area contributed by atoms with Crippen LogP contribution in [0.2, 0.25) is 0 Å². The molecule has 0 saturated carbocycles. The molecule has 2 aromatic heterocycles. The standard InChI is InChI=1S/C22H26N4O3S2/c1-3-17-7-4-8-19-20(17)24-22(30-19)26(15-16-6-5-11-23-14-16)21(27)18-9-12-25(13-10-18)31(2,28)29/h4-8,11,14,18H,3,9-10,12-13,15H2,1-2H3. The van der Waals surface area contributed by atoms with Crippen molar-refractivity contribution in [2.24, 2.45) is 5.92 Å². The van der Waals surface area contributed by atoms with E-state index in [2.05, 4.69) is 18.0 Å². The van der Waals surface area contributed by atoms with Crippen LogP contribution in [0.15, 0.2) is 42.7 Å². The van der Waals surface area contributed by atoms with Gasteiger partial charge in [-0.2, -0.15) is 0 Å². The summed E-state index contributed by atoms with van der Waals surface area (Å²) < 4.78 is 26.2. The number of aromatic nitrogens is 2. The van der Waals surface area contributed by atoms with E-state index in [1.165, 1.54) is 21.9 Å². The van der Waals surface area contributed by atoms with E-state index in [9.17, 15) is 13.2 Å². The van der Waals surface area contributed by atoms with E-state index >= 15 is 0 Å². The van der Waals surface area contributed by atoms with Crippen molar-refractivity contribution in [3.8, 4) is 0 Å². The maximum Gasteiger partial charge on any atom is 0.232 e. The highest BCUT2D eigenvalue weighted by atomic mass is 32.2. The zero-order valence-corrected chi connectivity index (χ0v) is 19.3. The van der Waals surface area contributed by atoms with Crippen LogP contribution in [-0.2, 0) is 27.8 Å². The summed E-state index contributed by atoms with van der Waals surface area (Å²) in [5, 5.41) is 0.676. The van der Waals surface area contributed by atoms with E-state index in [0.717, 1.165) is 27.8 Å². The van der Waals surface area contributed by atoms with E-state index in [1.807, 2.05) is 24.3 Å². The van der Waals surface area contributed by atoms with E-state index in [4.69, 9.17) is 4.98 Å². The van der Waals surface area contributed by atoms with E-state index in [1.54, 1.807) is 17.3 Å². The predicted molar refractivity (Wildman–Crippen MR) is 124 cm³/mol. The van der Waals surface area contributed by atoms with Crippen molar-refractivity contribution in [1.29, 1.82) is 0 Å². The Bertz CT molecular complexity index is 1170. The molecular formula is C22H26N4O3S2. The van der Waals surface area contributed by atoms with Crippen LogP contribution in [0, 0.1) is 5.92 Å². The molecule has 3 aromatic rings. The maximum atomic E-state index is 13.6. The Morgan fingerprint density at radius 3 is 2.65 bits per heavy atom. The van der Waals surface area contributed by atoms with Crippen molar-refractivity contribution >= 4 is 42.6 Å². The average molecular weight is 459 g/mol. The Morgan fingerprint density at radius 1 is 1.23 bits per heavy atom. The minimum atomic E-state index is -3.23. The summed E-state index contributed by atoms with van der Waals surface area (Å²) >= 11 is 1.52. The lowest BCUT2D eigenvalue weighted by atomic mass is 9.96. The molecule has 1 aliphatic heterocycles. The summed E-state index contributed by atoms with van der Waals surface area (Å²) in [6.07, 6.45) is 6.59. The van der Waals surface area contributed by atoms with Crippen molar-refractivity contribution in [3.05, 3.63) is 53.9 Å². The molecule has 31 heavy (non-hydrogen) atoms. The van der Waals surface area contributed by atoms with Gasteiger partial charge < -0.3 is 0 Å². The zero-order valence-electron chi connectivity index (χ0n) is 17.7. The lowest BCUT2D eigenvalue weighted by molar-refractivity contribution is -0.123. The number of hydrogen-bond donors (Lipinski definition) is 0. The Morgan fingerprint density at radius 2 is 2.00 bits per heavy atom. The first-order valence-electron chi connectivity index (χ1n) is 10.4. The minimum Gasteiger partial charge on any atom is -0.283 e. The van der Waals surface area contributed by atoms with Crippen molar-refractivity contribution in [2.45, 2.75) is 32.7 Å². The topological polar surface area (TPSA) is 83.5 Å². The summed E-state index contributed by atoms with van der Waals surface area (Å²) in [5.74, 6) is -0.235. The zero-order chi connectivity index (χ0) is 22.0. The molecular weight excluding hydrogens is 432 g/mol. The summed E-state index contributed by atoms with van der Waals surface area (Å²) in [5.41, 5.74) is 3.04. The smallest absolute Gasteiger partial charge is 0.232 e. The molecule has 164 valence electrons. The fourth-order valence-electron chi connectivity index (χ4n) is 3.96. The first-order chi connectivity index (χ1) is 14.9. The number of pyridine rings is 1. The Balaban J connectivity index is 1.64. The number of fused-ring (bicyclic) bond motifs is 1. The number of para-hydroxylation sites is 1. The number of nitrogens with zero attached hydrogens (tertiary/aromatic N) is 4. The van der Waals surface area contributed by atoms with Crippen LogP contribution in [0.3, 0.4) is 0 Å². The SMILES string of the molecule is CCc1cccc2sc(N(Cc3cccnc3)C(=O)C3CCN(S(C)(=O)=O)CC3)nc12. The molecule has 0 unspecified atom stereocenters. The molecule has 1 aromatic carbocycles. The molecule has 1 amide bonds. The molecule has 0 N–H and O–H groups in total. The minimum absolute atomic E-state index is 0.00545. The van der Waals surface area contributed by atoms with Gasteiger partial charge in [-0.1, -0.05) is 36.5 Å². The van der Waals surface area contributed by atoms with Crippen LogP contribution >= 0.6 is 11.3 Å². The lowest BCUT2D eigenvalue weighted by Gasteiger charge is -2.32.